The van der Waals surface area contributed by atoms with Crippen molar-refractivity contribution >= 4 is 41.0 Å². The van der Waals surface area contributed by atoms with Crippen LogP contribution in [0.3, 0.4) is 0 Å². The van der Waals surface area contributed by atoms with Gasteiger partial charge in [0.15, 0.2) is 0 Å². The zero-order valence-electron chi connectivity index (χ0n) is 17.6. The Kier molecular flexibility index (Phi) is 4.66. The standard InChI is InChI=1S/C25H20ClN5O2/c26-17-12-10-15(11-13-17)20-14-21(16-6-2-1-3-7-16)31-24(27-20)28-25(29-31)30-22(32)18-8-4-5-9-19(18)23(30)33/h1-7,10-14,18-19,21H,8-9H2,(H,27,28,29)/t18-,19+,21-/m1/s1. The number of benzene rings is 2. The van der Waals surface area contributed by atoms with Crippen molar-refractivity contribution in [2.45, 2.75) is 18.9 Å². The lowest BCUT2D eigenvalue weighted by Crippen LogP contribution is -2.32. The van der Waals surface area contributed by atoms with Gasteiger partial charge in [0.1, 0.15) is 6.04 Å². The minimum Gasteiger partial charge on any atom is -0.324 e. The van der Waals surface area contributed by atoms with Crippen molar-refractivity contribution in [2.75, 3.05) is 10.2 Å². The van der Waals surface area contributed by atoms with Crippen LogP contribution in [0.2, 0.25) is 5.02 Å². The van der Waals surface area contributed by atoms with Gasteiger partial charge >= 0.3 is 0 Å². The normalized spacial score (nSPS) is 23.7. The highest BCUT2D eigenvalue weighted by Gasteiger charge is 2.49. The number of nitrogens with zero attached hydrogens (tertiary/aromatic N) is 4. The summed E-state index contributed by atoms with van der Waals surface area (Å²) < 4.78 is 1.73. The fourth-order valence-corrected chi connectivity index (χ4v) is 4.89. The molecule has 33 heavy (non-hydrogen) atoms. The Hall–Kier alpha value is -3.71. The van der Waals surface area contributed by atoms with E-state index in [1.54, 1.807) is 4.68 Å². The first-order chi connectivity index (χ1) is 16.1. The van der Waals surface area contributed by atoms with Gasteiger partial charge in [-0.05, 0) is 42.2 Å². The lowest BCUT2D eigenvalue weighted by molar-refractivity contribution is -0.122. The summed E-state index contributed by atoms with van der Waals surface area (Å²) in [5, 5.41) is 8.60. The molecule has 0 radical (unpaired) electrons. The number of allylic oxidation sites excluding steroid dienone is 3. The number of anilines is 2. The van der Waals surface area contributed by atoms with E-state index in [1.165, 1.54) is 4.90 Å². The molecule has 1 aliphatic carbocycles. The summed E-state index contributed by atoms with van der Waals surface area (Å²) in [4.78, 5) is 31.9. The number of nitrogens with one attached hydrogen (secondary N) is 1. The van der Waals surface area contributed by atoms with Crippen LogP contribution in [-0.2, 0) is 9.59 Å². The highest BCUT2D eigenvalue weighted by molar-refractivity contribution is 6.30. The average Bonchev–Trinajstić information content (AvgIpc) is 3.38. The number of hydrogen-bond donors (Lipinski definition) is 1. The Bertz CT molecular complexity index is 1290. The van der Waals surface area contributed by atoms with E-state index in [1.807, 2.05) is 66.7 Å². The van der Waals surface area contributed by atoms with Crippen LogP contribution in [0, 0.1) is 11.8 Å². The number of carbonyl (C=O) groups excluding carboxylic acids is 2. The number of rotatable bonds is 3. The van der Waals surface area contributed by atoms with E-state index in [2.05, 4.69) is 21.5 Å². The molecule has 7 nitrogen and oxygen atoms in total. The molecule has 0 spiro atoms. The summed E-state index contributed by atoms with van der Waals surface area (Å²) in [7, 11) is 0. The lowest BCUT2D eigenvalue weighted by atomic mass is 9.85. The fraction of sp³-hybridized carbons (Fsp3) is 0.200. The van der Waals surface area contributed by atoms with Gasteiger partial charge in [0, 0.05) is 10.7 Å². The van der Waals surface area contributed by atoms with E-state index in [-0.39, 0.29) is 35.6 Å². The molecule has 3 heterocycles. The largest absolute Gasteiger partial charge is 0.324 e. The zero-order chi connectivity index (χ0) is 22.5. The number of amides is 2. The molecule has 3 atom stereocenters. The van der Waals surface area contributed by atoms with Crippen LogP contribution < -0.4 is 10.2 Å². The second kappa shape index (κ2) is 7.71. The van der Waals surface area contributed by atoms with Crippen LogP contribution in [0.1, 0.15) is 30.0 Å². The quantitative estimate of drug-likeness (QED) is 0.464. The molecule has 1 aromatic heterocycles. The minimum absolute atomic E-state index is 0.119. The van der Waals surface area contributed by atoms with Crippen LogP contribution in [0.15, 0.2) is 72.8 Å². The number of halogens is 1. The molecule has 164 valence electrons. The Morgan fingerprint density at radius 2 is 1.58 bits per heavy atom. The van der Waals surface area contributed by atoms with Crippen molar-refractivity contribution < 1.29 is 9.59 Å². The zero-order valence-corrected chi connectivity index (χ0v) is 18.3. The van der Waals surface area contributed by atoms with Gasteiger partial charge in [0.25, 0.3) is 5.95 Å². The van der Waals surface area contributed by atoms with Gasteiger partial charge in [-0.1, -0.05) is 66.2 Å². The van der Waals surface area contributed by atoms with Crippen LogP contribution >= 0.6 is 11.6 Å². The first-order valence-corrected chi connectivity index (χ1v) is 11.3. The van der Waals surface area contributed by atoms with Gasteiger partial charge in [-0.2, -0.15) is 4.98 Å². The van der Waals surface area contributed by atoms with Crippen molar-refractivity contribution in [1.82, 2.24) is 14.8 Å². The summed E-state index contributed by atoms with van der Waals surface area (Å²) >= 11 is 6.07. The van der Waals surface area contributed by atoms with E-state index >= 15 is 0 Å². The minimum atomic E-state index is -0.330. The number of carbonyl (C=O) groups is 2. The third-order valence-corrected chi connectivity index (χ3v) is 6.71. The molecule has 6 rings (SSSR count). The van der Waals surface area contributed by atoms with Gasteiger partial charge in [-0.3, -0.25) is 9.59 Å². The van der Waals surface area contributed by atoms with Gasteiger partial charge in [-0.15, -0.1) is 5.10 Å². The molecule has 1 saturated heterocycles. The molecule has 2 amide bonds. The van der Waals surface area contributed by atoms with Crippen molar-refractivity contribution in [3.05, 3.63) is 89.0 Å². The number of imide groups is 1. The molecule has 1 fully saturated rings. The maximum atomic E-state index is 13.1. The summed E-state index contributed by atoms with van der Waals surface area (Å²) in [6, 6.07) is 17.2. The molecular formula is C25H20ClN5O2. The van der Waals surface area contributed by atoms with Crippen molar-refractivity contribution in [3.63, 3.8) is 0 Å². The number of fused-ring (bicyclic) bond motifs is 2. The van der Waals surface area contributed by atoms with Crippen molar-refractivity contribution in [2.24, 2.45) is 11.8 Å². The van der Waals surface area contributed by atoms with E-state index in [4.69, 9.17) is 11.6 Å². The Morgan fingerprint density at radius 1 is 0.909 bits per heavy atom. The molecule has 0 unspecified atom stereocenters. The summed E-state index contributed by atoms with van der Waals surface area (Å²) in [6.07, 6.45) is 7.15. The van der Waals surface area contributed by atoms with E-state index < -0.39 is 0 Å². The van der Waals surface area contributed by atoms with Gasteiger partial charge in [0.2, 0.25) is 17.8 Å². The van der Waals surface area contributed by atoms with Crippen molar-refractivity contribution in [3.8, 4) is 0 Å². The van der Waals surface area contributed by atoms with E-state index in [0.717, 1.165) is 16.8 Å². The summed E-state index contributed by atoms with van der Waals surface area (Å²) in [5.74, 6) is -0.514. The highest BCUT2D eigenvalue weighted by Crippen LogP contribution is 2.39. The summed E-state index contributed by atoms with van der Waals surface area (Å²) in [5.41, 5.74) is 2.81. The van der Waals surface area contributed by atoms with Crippen LogP contribution in [0.4, 0.5) is 11.9 Å². The SMILES string of the molecule is O=C1[C@H]2CC=CC[C@H]2C(=O)N1c1nc2n(n1)[C@@H](c1ccccc1)C=C(c1ccc(Cl)cc1)N2. The van der Waals surface area contributed by atoms with Gasteiger partial charge in [0.05, 0.1) is 11.8 Å². The second-order valence-corrected chi connectivity index (χ2v) is 8.85. The van der Waals surface area contributed by atoms with Crippen molar-refractivity contribution in [1.29, 1.82) is 0 Å². The number of aromatic nitrogens is 3. The average molecular weight is 458 g/mol. The fourth-order valence-electron chi connectivity index (χ4n) is 4.76. The van der Waals surface area contributed by atoms with Crippen LogP contribution in [0.5, 0.6) is 0 Å². The first-order valence-electron chi connectivity index (χ1n) is 10.9. The van der Waals surface area contributed by atoms with Crippen LogP contribution in [0.25, 0.3) is 5.70 Å². The van der Waals surface area contributed by atoms with E-state index in [9.17, 15) is 9.59 Å². The maximum Gasteiger partial charge on any atom is 0.260 e. The Balaban J connectivity index is 1.42. The predicted octanol–water partition coefficient (Wildman–Crippen LogP) is 4.44. The second-order valence-electron chi connectivity index (χ2n) is 8.42. The maximum absolute atomic E-state index is 13.1. The predicted molar refractivity (Wildman–Crippen MR) is 126 cm³/mol. The molecule has 8 heteroatoms. The van der Waals surface area contributed by atoms with Crippen LogP contribution in [-0.4, -0.2) is 26.6 Å². The molecule has 0 bridgehead atoms. The summed E-state index contributed by atoms with van der Waals surface area (Å²) in [6.45, 7) is 0. The monoisotopic (exact) mass is 457 g/mol. The molecule has 2 aliphatic heterocycles. The molecule has 1 N–H and O–H groups in total. The molecule has 0 saturated carbocycles. The Morgan fingerprint density at radius 3 is 2.24 bits per heavy atom. The molecule has 3 aromatic rings. The molecule has 3 aliphatic rings. The molecule has 2 aromatic carbocycles. The Labute approximate surface area is 195 Å². The van der Waals surface area contributed by atoms with Gasteiger partial charge < -0.3 is 5.32 Å². The first kappa shape index (κ1) is 19.9. The van der Waals surface area contributed by atoms with Gasteiger partial charge in [-0.25, -0.2) is 9.58 Å². The highest BCUT2D eigenvalue weighted by atomic mass is 35.5. The number of hydrogen-bond acceptors (Lipinski definition) is 5. The third-order valence-electron chi connectivity index (χ3n) is 6.46. The molecular weight excluding hydrogens is 438 g/mol. The van der Waals surface area contributed by atoms with E-state index in [0.29, 0.717) is 23.8 Å². The lowest BCUT2D eigenvalue weighted by Gasteiger charge is -2.24. The topological polar surface area (TPSA) is 80.1 Å². The third kappa shape index (κ3) is 3.27. The smallest absolute Gasteiger partial charge is 0.260 e.